The van der Waals surface area contributed by atoms with Gasteiger partial charge in [0.1, 0.15) is 0 Å². The van der Waals surface area contributed by atoms with Crippen LogP contribution in [0, 0.1) is 0 Å². The van der Waals surface area contributed by atoms with Gasteiger partial charge < -0.3 is 15.5 Å². The van der Waals surface area contributed by atoms with E-state index >= 15 is 0 Å². The van der Waals surface area contributed by atoms with Gasteiger partial charge >= 0.3 is 0 Å². The molecule has 1 fully saturated rings. The zero-order valence-electron chi connectivity index (χ0n) is 14.6. The highest BCUT2D eigenvalue weighted by atomic mass is 16.2. The highest BCUT2D eigenvalue weighted by Crippen LogP contribution is 2.10. The molecule has 1 saturated heterocycles. The number of carbonyl (C=O) groups is 2. The molecule has 2 N–H and O–H groups in total. The van der Waals surface area contributed by atoms with Gasteiger partial charge in [-0.2, -0.15) is 0 Å². The predicted molar refractivity (Wildman–Crippen MR) is 95.4 cm³/mol. The van der Waals surface area contributed by atoms with Crippen LogP contribution in [0.3, 0.4) is 0 Å². The van der Waals surface area contributed by atoms with E-state index in [2.05, 4.69) is 12.1 Å². The van der Waals surface area contributed by atoms with E-state index in [9.17, 15) is 9.59 Å². The lowest BCUT2D eigenvalue weighted by Gasteiger charge is -2.36. The largest absolute Gasteiger partial charge is 0.339 e. The number of nitrogens with zero attached hydrogens (tertiary/aromatic N) is 2. The Labute approximate surface area is 144 Å². The van der Waals surface area contributed by atoms with Crippen LogP contribution < -0.4 is 5.73 Å². The van der Waals surface area contributed by atoms with Crippen LogP contribution in [0.25, 0.3) is 0 Å². The van der Waals surface area contributed by atoms with Crippen LogP contribution in [0.4, 0.5) is 0 Å². The third-order valence-electron chi connectivity index (χ3n) is 4.56. The Morgan fingerprint density at radius 3 is 2.33 bits per heavy atom. The maximum atomic E-state index is 12.3. The van der Waals surface area contributed by atoms with Crippen LogP contribution >= 0.6 is 0 Å². The molecule has 1 atom stereocenters. The number of hydrogen-bond donors (Lipinski definition) is 1. The third kappa shape index (κ3) is 5.34. The van der Waals surface area contributed by atoms with Crippen molar-refractivity contribution in [1.29, 1.82) is 0 Å². The zero-order chi connectivity index (χ0) is 17.4. The minimum Gasteiger partial charge on any atom is -0.339 e. The zero-order valence-corrected chi connectivity index (χ0v) is 14.6. The second kappa shape index (κ2) is 9.42. The van der Waals surface area contributed by atoms with Crippen molar-refractivity contribution >= 4 is 11.8 Å². The summed E-state index contributed by atoms with van der Waals surface area (Å²) in [5, 5.41) is 0. The lowest BCUT2D eigenvalue weighted by Crippen LogP contribution is -2.54. The van der Waals surface area contributed by atoms with Gasteiger partial charge in [0.15, 0.2) is 0 Å². The SMILES string of the molecule is CCCC(N)C(=O)N1CCN(C(=O)CCCc2ccccc2)CC1. The Hall–Kier alpha value is -1.88. The predicted octanol–water partition coefficient (Wildman–Crippen LogP) is 1.81. The van der Waals surface area contributed by atoms with Crippen molar-refractivity contribution in [3.63, 3.8) is 0 Å². The number of nitrogens with two attached hydrogens (primary N) is 1. The van der Waals surface area contributed by atoms with Crippen LogP contribution in [0.1, 0.15) is 38.2 Å². The smallest absolute Gasteiger partial charge is 0.239 e. The van der Waals surface area contributed by atoms with Gasteiger partial charge in [-0.3, -0.25) is 9.59 Å². The van der Waals surface area contributed by atoms with Gasteiger partial charge in [-0.05, 0) is 24.8 Å². The lowest BCUT2D eigenvalue weighted by atomic mass is 10.1. The van der Waals surface area contributed by atoms with E-state index in [1.165, 1.54) is 5.56 Å². The molecule has 5 heteroatoms. The van der Waals surface area contributed by atoms with E-state index in [0.29, 0.717) is 32.6 Å². The highest BCUT2D eigenvalue weighted by Gasteiger charge is 2.26. The molecule has 1 heterocycles. The van der Waals surface area contributed by atoms with Gasteiger partial charge in [0.05, 0.1) is 6.04 Å². The van der Waals surface area contributed by atoms with E-state index in [1.807, 2.05) is 30.0 Å². The molecule has 2 amide bonds. The maximum Gasteiger partial charge on any atom is 0.239 e. The fourth-order valence-electron chi connectivity index (χ4n) is 3.09. The summed E-state index contributed by atoms with van der Waals surface area (Å²) in [6.07, 6.45) is 3.99. The fraction of sp³-hybridized carbons (Fsp3) is 0.579. The molecule has 24 heavy (non-hydrogen) atoms. The Bertz CT molecular complexity index is 525. The molecule has 0 spiro atoms. The van der Waals surface area contributed by atoms with Gasteiger partial charge in [-0.1, -0.05) is 43.7 Å². The van der Waals surface area contributed by atoms with E-state index in [1.54, 1.807) is 4.90 Å². The van der Waals surface area contributed by atoms with Crippen LogP contribution in [0.15, 0.2) is 30.3 Å². The van der Waals surface area contributed by atoms with Gasteiger partial charge in [0, 0.05) is 32.6 Å². The monoisotopic (exact) mass is 331 g/mol. The number of aryl methyl sites for hydroxylation is 1. The van der Waals surface area contributed by atoms with Crippen molar-refractivity contribution < 1.29 is 9.59 Å². The molecule has 0 aliphatic carbocycles. The topological polar surface area (TPSA) is 66.6 Å². The van der Waals surface area contributed by atoms with Crippen LogP contribution in [0.2, 0.25) is 0 Å². The standard InChI is InChI=1S/C19H29N3O2/c1-2-7-17(20)19(24)22-14-12-21(13-15-22)18(23)11-6-10-16-8-4-3-5-9-16/h3-5,8-9,17H,2,6-7,10-15,20H2,1H3. The van der Waals surface area contributed by atoms with Gasteiger partial charge in [-0.15, -0.1) is 0 Å². The lowest BCUT2D eigenvalue weighted by molar-refractivity contribution is -0.140. The molecular weight excluding hydrogens is 302 g/mol. The molecule has 2 rings (SSSR count). The van der Waals surface area contributed by atoms with Crippen molar-refractivity contribution in [1.82, 2.24) is 9.80 Å². The average molecular weight is 331 g/mol. The Balaban J connectivity index is 1.69. The molecule has 0 radical (unpaired) electrons. The highest BCUT2D eigenvalue weighted by molar-refractivity contribution is 5.82. The summed E-state index contributed by atoms with van der Waals surface area (Å²) in [5.41, 5.74) is 7.17. The quantitative estimate of drug-likeness (QED) is 0.828. The van der Waals surface area contributed by atoms with E-state index in [0.717, 1.165) is 25.7 Å². The Morgan fingerprint density at radius 2 is 1.71 bits per heavy atom. The van der Waals surface area contributed by atoms with Gasteiger partial charge in [0.25, 0.3) is 0 Å². The Kier molecular flexibility index (Phi) is 7.25. The number of carbonyl (C=O) groups excluding carboxylic acids is 2. The maximum absolute atomic E-state index is 12.3. The molecule has 1 unspecified atom stereocenters. The number of benzene rings is 1. The van der Waals surface area contributed by atoms with Gasteiger partial charge in [0.2, 0.25) is 11.8 Å². The first kappa shape index (κ1) is 18.5. The molecule has 0 saturated carbocycles. The molecule has 132 valence electrons. The molecule has 0 bridgehead atoms. The van der Waals surface area contributed by atoms with Gasteiger partial charge in [-0.25, -0.2) is 0 Å². The second-order valence-electron chi connectivity index (χ2n) is 6.44. The summed E-state index contributed by atoms with van der Waals surface area (Å²) in [6, 6.07) is 9.83. The minimum absolute atomic E-state index is 0.0213. The van der Waals surface area contributed by atoms with Crippen molar-refractivity contribution in [2.75, 3.05) is 26.2 Å². The molecule has 1 aromatic carbocycles. The van der Waals surface area contributed by atoms with Crippen molar-refractivity contribution in [2.45, 2.75) is 45.1 Å². The summed E-state index contributed by atoms with van der Waals surface area (Å²) < 4.78 is 0. The molecule has 0 aromatic heterocycles. The summed E-state index contributed by atoms with van der Waals surface area (Å²) in [6.45, 7) is 4.46. The Morgan fingerprint density at radius 1 is 1.08 bits per heavy atom. The molecule has 1 aromatic rings. The number of rotatable bonds is 7. The summed E-state index contributed by atoms with van der Waals surface area (Å²) in [5.74, 6) is 0.212. The van der Waals surface area contributed by atoms with E-state index in [-0.39, 0.29) is 11.8 Å². The first-order chi connectivity index (χ1) is 11.6. The van der Waals surface area contributed by atoms with Crippen molar-refractivity contribution in [3.05, 3.63) is 35.9 Å². The van der Waals surface area contributed by atoms with Crippen LogP contribution in [-0.4, -0.2) is 53.8 Å². The normalized spacial score (nSPS) is 16.1. The van der Waals surface area contributed by atoms with Crippen molar-refractivity contribution in [2.24, 2.45) is 5.73 Å². The number of hydrogen-bond acceptors (Lipinski definition) is 3. The molecule has 5 nitrogen and oxygen atoms in total. The van der Waals surface area contributed by atoms with E-state index < -0.39 is 6.04 Å². The molecular formula is C19H29N3O2. The first-order valence-electron chi connectivity index (χ1n) is 8.98. The summed E-state index contributed by atoms with van der Waals surface area (Å²) in [7, 11) is 0. The third-order valence-corrected chi connectivity index (χ3v) is 4.56. The molecule has 1 aliphatic heterocycles. The van der Waals surface area contributed by atoms with Crippen LogP contribution in [0.5, 0.6) is 0 Å². The van der Waals surface area contributed by atoms with Crippen LogP contribution in [-0.2, 0) is 16.0 Å². The second-order valence-corrected chi connectivity index (χ2v) is 6.44. The fourth-order valence-corrected chi connectivity index (χ4v) is 3.09. The summed E-state index contributed by atoms with van der Waals surface area (Å²) in [4.78, 5) is 28.2. The summed E-state index contributed by atoms with van der Waals surface area (Å²) >= 11 is 0. The minimum atomic E-state index is -0.400. The number of amides is 2. The first-order valence-corrected chi connectivity index (χ1v) is 8.98. The number of piperazine rings is 1. The van der Waals surface area contributed by atoms with Crippen molar-refractivity contribution in [3.8, 4) is 0 Å². The van der Waals surface area contributed by atoms with E-state index in [4.69, 9.17) is 5.73 Å². The average Bonchev–Trinajstić information content (AvgIpc) is 2.62. The molecule has 1 aliphatic rings.